The number of nitrogens with one attached hydrogen (secondary N) is 4. The number of amides is 4. The Morgan fingerprint density at radius 3 is 2.21 bits per heavy atom. The van der Waals surface area contributed by atoms with Gasteiger partial charge < -0.3 is 47.1 Å². The van der Waals surface area contributed by atoms with Crippen LogP contribution in [0.15, 0.2) is 48.5 Å². The molecule has 3 aromatic carbocycles. The number of aromatic hydroxyl groups is 2. The van der Waals surface area contributed by atoms with Crippen molar-refractivity contribution in [3.63, 3.8) is 0 Å². The van der Waals surface area contributed by atoms with Gasteiger partial charge in [-0.05, 0) is 62.1 Å². The summed E-state index contributed by atoms with van der Waals surface area (Å²) in [6.45, 7) is 0.999. The van der Waals surface area contributed by atoms with E-state index in [0.717, 1.165) is 11.6 Å². The van der Waals surface area contributed by atoms with Gasteiger partial charge in [-0.1, -0.05) is 35.3 Å². The summed E-state index contributed by atoms with van der Waals surface area (Å²) < 4.78 is 5.63. The first-order valence-corrected chi connectivity index (χ1v) is 18.2. The number of ether oxygens (including phenoxy) is 1. The lowest BCUT2D eigenvalue weighted by Gasteiger charge is -2.21. The largest absolute Gasteiger partial charge is 0.508 e. The summed E-state index contributed by atoms with van der Waals surface area (Å²) in [6.07, 6.45) is 0.811. The first kappa shape index (κ1) is 44.5. The van der Waals surface area contributed by atoms with Crippen LogP contribution in [0.5, 0.6) is 17.2 Å². The first-order chi connectivity index (χ1) is 26.5. The number of halogens is 2. The predicted octanol–water partition coefficient (Wildman–Crippen LogP) is 4.22. The fraction of sp³-hybridized carbons (Fsp3) is 0.342. The van der Waals surface area contributed by atoms with E-state index in [1.165, 1.54) is 25.1 Å². The van der Waals surface area contributed by atoms with E-state index in [-0.39, 0.29) is 101 Å². The standard InChI is InChI=1S/C38H43Cl2N5O11/c1-21(46)14-26(47)11-8-22-6-9-25(10-7-22)44-32(50)5-2-4-31(49)42-12-3-13-56-37-29(39)18-28(36(54)35(37)40)30(19-34(52)53)45-33(51)20-43-38(55)23-15-24(41)17-27(48)16-23/h6-7,9-10,15-18,30,48,54H,2-5,8,11-14,19-20,41H2,1H3,(H,42,49)(H,43,55)(H,44,50)(H,45,51)(H,52,53). The van der Waals surface area contributed by atoms with Gasteiger partial charge in [0.15, 0.2) is 5.75 Å². The third-order valence-corrected chi connectivity index (χ3v) is 8.59. The van der Waals surface area contributed by atoms with Gasteiger partial charge in [0.05, 0.1) is 37.1 Å². The summed E-state index contributed by atoms with van der Waals surface area (Å²) in [5, 5.41) is 39.7. The molecule has 3 aromatic rings. The van der Waals surface area contributed by atoms with Gasteiger partial charge in [0.1, 0.15) is 28.1 Å². The van der Waals surface area contributed by atoms with Crippen LogP contribution in [0.4, 0.5) is 11.4 Å². The van der Waals surface area contributed by atoms with E-state index in [1.807, 2.05) is 0 Å². The van der Waals surface area contributed by atoms with Crippen molar-refractivity contribution in [3.05, 3.63) is 75.3 Å². The third kappa shape index (κ3) is 15.1. The number of nitrogen functional groups attached to an aromatic ring is 1. The molecule has 1 unspecified atom stereocenters. The molecular formula is C38H43Cl2N5O11. The molecule has 56 heavy (non-hydrogen) atoms. The minimum absolute atomic E-state index is 0.00819. The van der Waals surface area contributed by atoms with Crippen molar-refractivity contribution < 1.29 is 53.6 Å². The number of ketones is 2. The summed E-state index contributed by atoms with van der Waals surface area (Å²) in [5.74, 6) is -4.68. The molecule has 0 aliphatic heterocycles. The summed E-state index contributed by atoms with van der Waals surface area (Å²) in [6, 6.07) is 10.5. The van der Waals surface area contributed by atoms with Crippen molar-refractivity contribution in [2.45, 2.75) is 64.3 Å². The number of aliphatic carboxylic acids is 1. The highest BCUT2D eigenvalue weighted by molar-refractivity contribution is 6.38. The number of carboxylic acids is 1. The van der Waals surface area contributed by atoms with E-state index < -0.39 is 42.5 Å². The Labute approximate surface area is 332 Å². The van der Waals surface area contributed by atoms with Crippen LogP contribution in [0.1, 0.15) is 79.4 Å². The number of carbonyl (C=O) groups is 7. The van der Waals surface area contributed by atoms with Crippen LogP contribution in [0.3, 0.4) is 0 Å². The van der Waals surface area contributed by atoms with Crippen molar-refractivity contribution in [2.75, 3.05) is 30.7 Å². The second-order valence-electron chi connectivity index (χ2n) is 12.7. The number of benzene rings is 3. The zero-order chi connectivity index (χ0) is 41.4. The number of phenols is 2. The molecule has 9 N–H and O–H groups in total. The van der Waals surface area contributed by atoms with E-state index in [9.17, 15) is 48.9 Å². The maximum absolute atomic E-state index is 12.7. The van der Waals surface area contributed by atoms with Gasteiger partial charge >= 0.3 is 5.97 Å². The smallest absolute Gasteiger partial charge is 0.305 e. The molecule has 0 saturated heterocycles. The molecule has 0 aromatic heterocycles. The van der Waals surface area contributed by atoms with Crippen LogP contribution in [0.2, 0.25) is 10.0 Å². The van der Waals surface area contributed by atoms with Gasteiger partial charge in [-0.25, -0.2) is 0 Å². The van der Waals surface area contributed by atoms with Crippen LogP contribution < -0.4 is 31.7 Å². The number of nitrogens with two attached hydrogens (primary N) is 1. The molecule has 0 spiro atoms. The fourth-order valence-corrected chi connectivity index (χ4v) is 5.88. The topological polar surface area (TPSA) is 264 Å². The third-order valence-electron chi connectivity index (χ3n) is 7.95. The highest BCUT2D eigenvalue weighted by Crippen LogP contribution is 2.44. The summed E-state index contributed by atoms with van der Waals surface area (Å²) >= 11 is 12.7. The Morgan fingerprint density at radius 1 is 0.857 bits per heavy atom. The normalized spacial score (nSPS) is 11.2. The maximum atomic E-state index is 12.7. The quantitative estimate of drug-likeness (QED) is 0.0403. The highest BCUT2D eigenvalue weighted by atomic mass is 35.5. The van der Waals surface area contributed by atoms with Gasteiger partial charge in [-0.15, -0.1) is 0 Å². The molecule has 0 bridgehead atoms. The van der Waals surface area contributed by atoms with Crippen molar-refractivity contribution in [3.8, 4) is 17.2 Å². The molecular weight excluding hydrogens is 773 g/mol. The predicted molar refractivity (Wildman–Crippen MR) is 207 cm³/mol. The van der Waals surface area contributed by atoms with Gasteiger partial charge in [0, 0.05) is 54.4 Å². The van der Waals surface area contributed by atoms with E-state index in [4.69, 9.17) is 33.7 Å². The van der Waals surface area contributed by atoms with Gasteiger partial charge in [-0.3, -0.25) is 33.6 Å². The summed E-state index contributed by atoms with van der Waals surface area (Å²) in [7, 11) is 0. The Morgan fingerprint density at radius 2 is 1.55 bits per heavy atom. The molecule has 18 heteroatoms. The van der Waals surface area contributed by atoms with E-state index in [0.29, 0.717) is 24.9 Å². The average Bonchev–Trinajstić information content (AvgIpc) is 3.11. The lowest BCUT2D eigenvalue weighted by atomic mass is 10.0. The summed E-state index contributed by atoms with van der Waals surface area (Å²) in [5.41, 5.74) is 7.08. The molecule has 0 fully saturated rings. The Hall–Kier alpha value is -5.87. The minimum Gasteiger partial charge on any atom is -0.508 e. The van der Waals surface area contributed by atoms with Gasteiger partial charge in [-0.2, -0.15) is 0 Å². The van der Waals surface area contributed by atoms with Crippen molar-refractivity contribution in [1.29, 1.82) is 0 Å². The molecule has 0 saturated carbocycles. The van der Waals surface area contributed by atoms with Crippen molar-refractivity contribution in [1.82, 2.24) is 16.0 Å². The van der Waals surface area contributed by atoms with Crippen LogP contribution >= 0.6 is 23.2 Å². The van der Waals surface area contributed by atoms with E-state index in [1.54, 1.807) is 24.3 Å². The molecule has 300 valence electrons. The minimum atomic E-state index is -1.33. The molecule has 0 radical (unpaired) electrons. The molecule has 0 aliphatic carbocycles. The fourth-order valence-electron chi connectivity index (χ4n) is 5.29. The van der Waals surface area contributed by atoms with Crippen LogP contribution in [0.25, 0.3) is 0 Å². The maximum Gasteiger partial charge on any atom is 0.305 e. The zero-order valence-corrected chi connectivity index (χ0v) is 31.9. The summed E-state index contributed by atoms with van der Waals surface area (Å²) in [4.78, 5) is 84.1. The molecule has 0 aliphatic rings. The highest BCUT2D eigenvalue weighted by Gasteiger charge is 2.26. The second-order valence-corrected chi connectivity index (χ2v) is 13.5. The number of carboxylic acid groups (broad SMARTS) is 1. The molecule has 1 atom stereocenters. The van der Waals surface area contributed by atoms with Crippen LogP contribution in [-0.4, -0.2) is 76.2 Å². The second kappa shape index (κ2) is 21.9. The molecule has 16 nitrogen and oxygen atoms in total. The lowest BCUT2D eigenvalue weighted by molar-refractivity contribution is -0.138. The SMILES string of the molecule is CC(=O)CC(=O)CCc1ccc(NC(=O)CCCC(=O)NCCCOc2c(Cl)cc(C(CC(=O)O)NC(=O)CNC(=O)c3cc(N)cc(O)c3)c(O)c2Cl)cc1. The number of carbonyl (C=O) groups excluding carboxylic acids is 6. The Kier molecular flexibility index (Phi) is 17.4. The van der Waals surface area contributed by atoms with Crippen molar-refractivity contribution in [2.24, 2.45) is 0 Å². The zero-order valence-electron chi connectivity index (χ0n) is 30.4. The number of phenolic OH excluding ortho intramolecular Hbond substituents is 2. The van der Waals surface area contributed by atoms with Crippen molar-refractivity contribution >= 4 is 75.7 Å². The Balaban J connectivity index is 1.41. The molecule has 4 amide bonds. The lowest BCUT2D eigenvalue weighted by Crippen LogP contribution is -2.39. The van der Waals surface area contributed by atoms with Gasteiger partial charge in [0.25, 0.3) is 5.91 Å². The van der Waals surface area contributed by atoms with Crippen LogP contribution in [0, 0.1) is 0 Å². The number of Topliss-reactive ketones (excluding diaryl/α,β-unsaturated/α-hetero) is 2. The van der Waals surface area contributed by atoms with Gasteiger partial charge in [0.2, 0.25) is 17.7 Å². The number of rotatable bonds is 22. The average molecular weight is 817 g/mol. The number of hydrogen-bond donors (Lipinski definition) is 8. The monoisotopic (exact) mass is 815 g/mol. The van der Waals surface area contributed by atoms with Crippen LogP contribution in [-0.2, 0) is 35.2 Å². The molecule has 0 heterocycles. The number of anilines is 2. The van der Waals surface area contributed by atoms with E-state index >= 15 is 0 Å². The first-order valence-electron chi connectivity index (χ1n) is 17.4. The molecule has 3 rings (SSSR count). The number of hydrogen-bond acceptors (Lipinski definition) is 11. The number of aryl methyl sites for hydroxylation is 1. The Bertz CT molecular complexity index is 1920. The van der Waals surface area contributed by atoms with E-state index in [2.05, 4.69) is 21.3 Å².